The lowest BCUT2D eigenvalue weighted by Crippen LogP contribution is -2.19. The number of benzene rings is 1. The zero-order valence-electron chi connectivity index (χ0n) is 22.4. The van der Waals surface area contributed by atoms with E-state index in [1.54, 1.807) is 7.11 Å². The van der Waals surface area contributed by atoms with Crippen LogP contribution in [0.25, 0.3) is 17.1 Å². The van der Waals surface area contributed by atoms with Gasteiger partial charge in [0.2, 0.25) is 0 Å². The highest BCUT2D eigenvalue weighted by molar-refractivity contribution is 5.98. The maximum Gasteiger partial charge on any atom is 0.185 e. The lowest BCUT2D eigenvalue weighted by molar-refractivity contribution is 0.0910. The summed E-state index contributed by atoms with van der Waals surface area (Å²) in [5, 5.41) is 0. The first-order valence-corrected chi connectivity index (χ1v) is 12.6. The number of nitrogens with zero attached hydrogens (tertiary/aromatic N) is 3. The molecule has 2 aromatic heterocycles. The van der Waals surface area contributed by atoms with Gasteiger partial charge < -0.3 is 14.0 Å². The van der Waals surface area contributed by atoms with Gasteiger partial charge in [0.1, 0.15) is 11.5 Å². The van der Waals surface area contributed by atoms with Crippen molar-refractivity contribution in [1.29, 1.82) is 0 Å². The predicted octanol–water partition coefficient (Wildman–Crippen LogP) is 6.42. The summed E-state index contributed by atoms with van der Waals surface area (Å²) in [6.45, 7) is 12.7. The summed E-state index contributed by atoms with van der Waals surface area (Å²) in [7, 11) is 3.67. The van der Waals surface area contributed by atoms with Crippen molar-refractivity contribution in [1.82, 2.24) is 14.1 Å². The Morgan fingerprint density at radius 2 is 1.89 bits per heavy atom. The average Bonchev–Trinajstić information content (AvgIpc) is 3.39. The molecule has 0 spiro atoms. The molecule has 0 fully saturated rings. The molecule has 1 unspecified atom stereocenters. The minimum Gasteiger partial charge on any atom is -0.493 e. The second kappa shape index (κ2) is 9.56. The summed E-state index contributed by atoms with van der Waals surface area (Å²) in [5.74, 6) is 2.29. The molecule has 0 bridgehead atoms. The van der Waals surface area contributed by atoms with Gasteiger partial charge in [-0.2, -0.15) is 0 Å². The van der Waals surface area contributed by atoms with Gasteiger partial charge >= 0.3 is 0 Å². The van der Waals surface area contributed by atoms with Crippen LogP contribution in [0.15, 0.2) is 30.6 Å². The minimum absolute atomic E-state index is 0.0159. The van der Waals surface area contributed by atoms with Crippen molar-refractivity contribution in [2.45, 2.75) is 73.3 Å². The van der Waals surface area contributed by atoms with E-state index in [4.69, 9.17) is 14.5 Å². The van der Waals surface area contributed by atoms with Crippen molar-refractivity contribution in [3.63, 3.8) is 0 Å². The average molecular weight is 478 g/mol. The van der Waals surface area contributed by atoms with Crippen LogP contribution in [0.2, 0.25) is 0 Å². The minimum atomic E-state index is -0.0745. The zero-order valence-corrected chi connectivity index (χ0v) is 22.4. The number of aryl methyl sites for hydroxylation is 2. The van der Waals surface area contributed by atoms with Crippen molar-refractivity contribution in [2.24, 2.45) is 18.4 Å². The summed E-state index contributed by atoms with van der Waals surface area (Å²) in [5.41, 5.74) is 4.96. The van der Waals surface area contributed by atoms with E-state index in [-0.39, 0.29) is 23.2 Å². The first kappa shape index (κ1) is 25.1. The third-order valence-electron chi connectivity index (χ3n) is 6.67. The monoisotopic (exact) mass is 477 g/mol. The fourth-order valence-corrected chi connectivity index (χ4v) is 4.74. The number of carbonyl (C=O) groups excluding carboxylic acids is 1. The smallest absolute Gasteiger partial charge is 0.185 e. The molecular formula is C29H39N3O3. The summed E-state index contributed by atoms with van der Waals surface area (Å²) in [6.07, 6.45) is 7.51. The molecule has 0 saturated carbocycles. The number of methoxy groups -OCH3 is 1. The van der Waals surface area contributed by atoms with Gasteiger partial charge in [-0.25, -0.2) is 4.98 Å². The van der Waals surface area contributed by atoms with Crippen LogP contribution in [0, 0.1) is 11.3 Å². The van der Waals surface area contributed by atoms with Gasteiger partial charge in [0, 0.05) is 37.0 Å². The highest BCUT2D eigenvalue weighted by Crippen LogP contribution is 2.40. The Hall–Kier alpha value is -3.02. The maximum atomic E-state index is 13.7. The van der Waals surface area contributed by atoms with Crippen molar-refractivity contribution in [2.75, 3.05) is 7.11 Å². The van der Waals surface area contributed by atoms with Crippen LogP contribution < -0.4 is 9.47 Å². The molecule has 0 radical (unpaired) electrons. The molecule has 1 aliphatic heterocycles. The van der Waals surface area contributed by atoms with Crippen molar-refractivity contribution in [3.8, 4) is 28.6 Å². The number of hydrogen-bond donors (Lipinski definition) is 0. The normalized spacial score (nSPS) is 14.0. The fraction of sp³-hybridized carbons (Fsp3) is 0.517. The number of hydrogen-bond acceptors (Lipinski definition) is 4. The molecule has 3 aromatic rings. The third-order valence-corrected chi connectivity index (χ3v) is 6.67. The Morgan fingerprint density at radius 3 is 2.49 bits per heavy atom. The van der Waals surface area contributed by atoms with Crippen LogP contribution in [-0.2, 0) is 19.9 Å². The summed E-state index contributed by atoms with van der Waals surface area (Å²) < 4.78 is 15.9. The van der Waals surface area contributed by atoms with Gasteiger partial charge in [-0.15, -0.1) is 0 Å². The quantitative estimate of drug-likeness (QED) is 0.351. The Bertz CT molecular complexity index is 1230. The van der Waals surface area contributed by atoms with Crippen molar-refractivity contribution in [3.05, 3.63) is 47.5 Å². The molecule has 0 aliphatic carbocycles. The van der Waals surface area contributed by atoms with Crippen LogP contribution in [0.1, 0.15) is 76.1 Å². The molecule has 0 N–H and O–H groups in total. The molecule has 6 heteroatoms. The summed E-state index contributed by atoms with van der Waals surface area (Å²) >= 11 is 0. The number of ether oxygens (including phenoxy) is 2. The Kier molecular flexibility index (Phi) is 6.85. The molecule has 3 heterocycles. The maximum absolute atomic E-state index is 13.7. The Labute approximate surface area is 209 Å². The topological polar surface area (TPSA) is 58.3 Å². The number of fused-ring (bicyclic) bond motifs is 3. The van der Waals surface area contributed by atoms with Crippen LogP contribution >= 0.6 is 0 Å². The number of rotatable bonds is 8. The van der Waals surface area contributed by atoms with E-state index < -0.39 is 0 Å². The fourth-order valence-electron chi connectivity index (χ4n) is 4.74. The van der Waals surface area contributed by atoms with E-state index in [2.05, 4.69) is 43.7 Å². The van der Waals surface area contributed by atoms with E-state index in [0.717, 1.165) is 54.2 Å². The molecule has 188 valence electrons. The highest BCUT2D eigenvalue weighted by atomic mass is 16.5. The standard InChI is InChI=1S/C29H39N3O3/c1-18(2)35-25-16-23-20(15-24(25)34-8)9-10-22-26(27(33)19(3)11-13-29(4,5)6)30-28(32(22)23)21-12-14-31(7)17-21/h12,14-19H,9-11,13H2,1-8H3. The lowest BCUT2D eigenvalue weighted by atomic mass is 9.85. The van der Waals surface area contributed by atoms with Crippen LogP contribution in [0.4, 0.5) is 0 Å². The second-order valence-corrected chi connectivity index (χ2v) is 11.3. The first-order valence-electron chi connectivity index (χ1n) is 12.6. The van der Waals surface area contributed by atoms with Crippen LogP contribution in [-0.4, -0.2) is 33.1 Å². The van der Waals surface area contributed by atoms with Gasteiger partial charge in [0.05, 0.1) is 24.6 Å². The lowest BCUT2D eigenvalue weighted by Gasteiger charge is -2.24. The van der Waals surface area contributed by atoms with Crippen LogP contribution in [0.5, 0.6) is 11.5 Å². The van der Waals surface area contributed by atoms with Crippen molar-refractivity contribution < 1.29 is 14.3 Å². The summed E-state index contributed by atoms with van der Waals surface area (Å²) in [6, 6.07) is 6.16. The third kappa shape index (κ3) is 5.16. The van der Waals surface area contributed by atoms with E-state index in [1.807, 2.05) is 44.6 Å². The van der Waals surface area contributed by atoms with E-state index in [0.29, 0.717) is 11.4 Å². The first-order chi connectivity index (χ1) is 16.5. The molecular weight excluding hydrogens is 438 g/mol. The molecule has 35 heavy (non-hydrogen) atoms. The molecule has 1 aliphatic rings. The number of carbonyl (C=O) groups is 1. The SMILES string of the molecule is COc1cc2c(cc1OC(C)C)-n1c(-c3ccn(C)c3)nc(C(=O)C(C)CCC(C)(C)C)c1CC2. The molecule has 0 amide bonds. The van der Waals surface area contributed by atoms with Gasteiger partial charge in [-0.05, 0) is 62.6 Å². The molecule has 6 nitrogen and oxygen atoms in total. The van der Waals surface area contributed by atoms with E-state index in [1.165, 1.54) is 5.56 Å². The van der Waals surface area contributed by atoms with Gasteiger partial charge in [-0.3, -0.25) is 9.36 Å². The molecule has 1 atom stereocenters. The molecule has 1 aromatic carbocycles. The van der Waals surface area contributed by atoms with E-state index >= 15 is 0 Å². The number of Topliss-reactive ketones (excluding diaryl/α,β-unsaturated/α-hetero) is 1. The zero-order chi connectivity index (χ0) is 25.5. The van der Waals surface area contributed by atoms with Gasteiger partial charge in [0.15, 0.2) is 17.3 Å². The molecule has 4 rings (SSSR count). The predicted molar refractivity (Wildman–Crippen MR) is 140 cm³/mol. The number of ketones is 1. The van der Waals surface area contributed by atoms with Crippen LogP contribution in [0.3, 0.4) is 0 Å². The largest absolute Gasteiger partial charge is 0.493 e. The van der Waals surface area contributed by atoms with Gasteiger partial charge in [0.25, 0.3) is 0 Å². The second-order valence-electron chi connectivity index (χ2n) is 11.3. The number of aromatic nitrogens is 3. The number of imidazole rings is 1. The van der Waals surface area contributed by atoms with E-state index in [9.17, 15) is 4.79 Å². The Morgan fingerprint density at radius 1 is 1.14 bits per heavy atom. The highest BCUT2D eigenvalue weighted by Gasteiger charge is 2.31. The summed E-state index contributed by atoms with van der Waals surface area (Å²) in [4.78, 5) is 18.7. The molecule has 0 saturated heterocycles. The van der Waals surface area contributed by atoms with Gasteiger partial charge in [-0.1, -0.05) is 27.7 Å². The Balaban J connectivity index is 1.85. The van der Waals surface area contributed by atoms with Crippen molar-refractivity contribution >= 4 is 5.78 Å².